The quantitative estimate of drug-likeness (QED) is 0.906. The zero-order chi connectivity index (χ0) is 16.8. The molecule has 2 aromatic rings. The number of rotatable bonds is 4. The van der Waals surface area contributed by atoms with E-state index in [-0.39, 0.29) is 17.7 Å². The fourth-order valence-corrected chi connectivity index (χ4v) is 2.59. The van der Waals surface area contributed by atoms with Gasteiger partial charge in [-0.25, -0.2) is 0 Å². The maximum Gasteiger partial charge on any atom is 0.255 e. The Hall–Kier alpha value is -2.73. The van der Waals surface area contributed by atoms with Crippen molar-refractivity contribution in [2.45, 2.75) is 12.8 Å². The minimum Gasteiger partial charge on any atom is -0.381 e. The van der Waals surface area contributed by atoms with Gasteiger partial charge in [-0.3, -0.25) is 14.6 Å². The molecule has 2 amide bonds. The van der Waals surface area contributed by atoms with Crippen molar-refractivity contribution in [2.75, 3.05) is 23.8 Å². The zero-order valence-corrected chi connectivity index (χ0v) is 13.2. The van der Waals surface area contributed by atoms with E-state index in [0.717, 1.165) is 12.8 Å². The SMILES string of the molecule is O=C(Nc1cccc(NC(=O)C2CCOCC2)c1)c1ccncc1. The molecule has 1 fully saturated rings. The van der Waals surface area contributed by atoms with Gasteiger partial charge >= 0.3 is 0 Å². The van der Waals surface area contributed by atoms with E-state index in [0.29, 0.717) is 30.2 Å². The van der Waals surface area contributed by atoms with Crippen molar-refractivity contribution in [3.8, 4) is 0 Å². The summed E-state index contributed by atoms with van der Waals surface area (Å²) in [7, 11) is 0. The van der Waals surface area contributed by atoms with Crippen LogP contribution < -0.4 is 10.6 Å². The Kier molecular flexibility index (Phi) is 5.18. The molecule has 0 spiro atoms. The van der Waals surface area contributed by atoms with E-state index >= 15 is 0 Å². The molecular formula is C18H19N3O3. The smallest absolute Gasteiger partial charge is 0.255 e. The number of nitrogens with zero attached hydrogens (tertiary/aromatic N) is 1. The van der Waals surface area contributed by atoms with Gasteiger partial charge in [0, 0.05) is 48.5 Å². The fraction of sp³-hybridized carbons (Fsp3) is 0.278. The molecular weight excluding hydrogens is 306 g/mol. The van der Waals surface area contributed by atoms with Crippen molar-refractivity contribution in [1.82, 2.24) is 4.98 Å². The second-order valence-corrected chi connectivity index (χ2v) is 5.65. The molecule has 2 heterocycles. The molecule has 0 unspecified atom stereocenters. The lowest BCUT2D eigenvalue weighted by Gasteiger charge is -2.21. The summed E-state index contributed by atoms with van der Waals surface area (Å²) in [4.78, 5) is 28.3. The third kappa shape index (κ3) is 4.17. The minimum atomic E-state index is -0.217. The lowest BCUT2D eigenvalue weighted by atomic mass is 9.99. The Bertz CT molecular complexity index is 712. The van der Waals surface area contributed by atoms with Gasteiger partial charge in [0.15, 0.2) is 0 Å². The third-order valence-corrected chi connectivity index (χ3v) is 3.92. The monoisotopic (exact) mass is 325 g/mol. The molecule has 0 saturated carbocycles. The van der Waals surface area contributed by atoms with E-state index in [1.54, 1.807) is 48.8 Å². The van der Waals surface area contributed by atoms with Crippen molar-refractivity contribution in [3.05, 3.63) is 54.4 Å². The molecule has 1 saturated heterocycles. The van der Waals surface area contributed by atoms with Crippen molar-refractivity contribution < 1.29 is 14.3 Å². The molecule has 124 valence electrons. The first-order valence-corrected chi connectivity index (χ1v) is 7.92. The van der Waals surface area contributed by atoms with Gasteiger partial charge in [0.05, 0.1) is 0 Å². The van der Waals surface area contributed by atoms with Crippen LogP contribution in [0.25, 0.3) is 0 Å². The molecule has 3 rings (SSSR count). The first kappa shape index (κ1) is 16.1. The summed E-state index contributed by atoms with van der Waals surface area (Å²) in [6.45, 7) is 1.25. The predicted octanol–water partition coefficient (Wildman–Crippen LogP) is 2.70. The summed E-state index contributed by atoms with van der Waals surface area (Å²) in [6, 6.07) is 10.4. The number of carbonyl (C=O) groups is 2. The number of hydrogen-bond acceptors (Lipinski definition) is 4. The molecule has 1 aliphatic heterocycles. The van der Waals surface area contributed by atoms with Crippen LogP contribution in [0.5, 0.6) is 0 Å². The number of carbonyl (C=O) groups excluding carboxylic acids is 2. The average molecular weight is 325 g/mol. The van der Waals surface area contributed by atoms with Crippen LogP contribution in [0.3, 0.4) is 0 Å². The highest BCUT2D eigenvalue weighted by atomic mass is 16.5. The molecule has 1 aromatic carbocycles. The van der Waals surface area contributed by atoms with Crippen LogP contribution in [0.1, 0.15) is 23.2 Å². The van der Waals surface area contributed by atoms with Gasteiger partial charge in [-0.2, -0.15) is 0 Å². The van der Waals surface area contributed by atoms with Crippen LogP contribution in [0.4, 0.5) is 11.4 Å². The molecule has 1 aromatic heterocycles. The van der Waals surface area contributed by atoms with Gasteiger partial charge < -0.3 is 15.4 Å². The molecule has 6 nitrogen and oxygen atoms in total. The zero-order valence-electron chi connectivity index (χ0n) is 13.2. The van der Waals surface area contributed by atoms with E-state index in [4.69, 9.17) is 4.74 Å². The predicted molar refractivity (Wildman–Crippen MR) is 90.8 cm³/mol. The Morgan fingerprint density at radius 1 is 1.00 bits per heavy atom. The number of pyridine rings is 1. The first-order valence-electron chi connectivity index (χ1n) is 7.92. The van der Waals surface area contributed by atoms with Gasteiger partial charge in [0.25, 0.3) is 5.91 Å². The summed E-state index contributed by atoms with van der Waals surface area (Å²) in [5.74, 6) is -0.241. The van der Waals surface area contributed by atoms with E-state index in [2.05, 4.69) is 15.6 Å². The number of nitrogens with one attached hydrogen (secondary N) is 2. The highest BCUT2D eigenvalue weighted by Crippen LogP contribution is 2.20. The van der Waals surface area contributed by atoms with Crippen molar-refractivity contribution in [2.24, 2.45) is 5.92 Å². The average Bonchev–Trinajstić information content (AvgIpc) is 2.63. The lowest BCUT2D eigenvalue weighted by molar-refractivity contribution is -0.122. The summed E-state index contributed by atoms with van der Waals surface area (Å²) >= 11 is 0. The molecule has 0 aliphatic carbocycles. The molecule has 0 bridgehead atoms. The minimum absolute atomic E-state index is 0.00379. The van der Waals surface area contributed by atoms with Crippen molar-refractivity contribution in [3.63, 3.8) is 0 Å². The molecule has 6 heteroatoms. The molecule has 0 atom stereocenters. The highest BCUT2D eigenvalue weighted by molar-refractivity contribution is 6.04. The van der Waals surface area contributed by atoms with Crippen LogP contribution >= 0.6 is 0 Å². The number of ether oxygens (including phenoxy) is 1. The topological polar surface area (TPSA) is 80.3 Å². The van der Waals surface area contributed by atoms with Crippen LogP contribution in [-0.4, -0.2) is 30.0 Å². The second-order valence-electron chi connectivity index (χ2n) is 5.65. The lowest BCUT2D eigenvalue weighted by Crippen LogP contribution is -2.28. The summed E-state index contributed by atoms with van der Waals surface area (Å²) in [5, 5.41) is 5.72. The van der Waals surface area contributed by atoms with Gasteiger partial charge in [-0.15, -0.1) is 0 Å². The van der Waals surface area contributed by atoms with Crippen molar-refractivity contribution in [1.29, 1.82) is 0 Å². The van der Waals surface area contributed by atoms with E-state index in [9.17, 15) is 9.59 Å². The van der Waals surface area contributed by atoms with Crippen LogP contribution in [0.15, 0.2) is 48.8 Å². The van der Waals surface area contributed by atoms with Gasteiger partial charge in [-0.05, 0) is 43.2 Å². The van der Waals surface area contributed by atoms with E-state index < -0.39 is 0 Å². The Morgan fingerprint density at radius 3 is 2.38 bits per heavy atom. The van der Waals surface area contributed by atoms with Crippen LogP contribution in [-0.2, 0) is 9.53 Å². The van der Waals surface area contributed by atoms with Gasteiger partial charge in [0.1, 0.15) is 0 Å². The highest BCUT2D eigenvalue weighted by Gasteiger charge is 2.21. The Balaban J connectivity index is 1.63. The Labute approximate surface area is 140 Å². The fourth-order valence-electron chi connectivity index (χ4n) is 2.59. The van der Waals surface area contributed by atoms with E-state index in [1.807, 2.05) is 0 Å². The number of hydrogen-bond donors (Lipinski definition) is 2. The van der Waals surface area contributed by atoms with Gasteiger partial charge in [-0.1, -0.05) is 6.07 Å². The van der Waals surface area contributed by atoms with Crippen molar-refractivity contribution >= 4 is 23.2 Å². The number of aromatic nitrogens is 1. The normalized spacial score (nSPS) is 14.8. The van der Waals surface area contributed by atoms with Crippen LogP contribution in [0.2, 0.25) is 0 Å². The number of amides is 2. The van der Waals surface area contributed by atoms with E-state index in [1.165, 1.54) is 0 Å². The Morgan fingerprint density at radius 2 is 1.67 bits per heavy atom. The standard InChI is InChI=1S/C18H19N3O3/c22-17(13-4-8-19-9-5-13)20-15-2-1-3-16(12-15)21-18(23)14-6-10-24-11-7-14/h1-5,8-9,12,14H,6-7,10-11H2,(H,20,22)(H,21,23). The first-order chi connectivity index (χ1) is 11.7. The second kappa shape index (κ2) is 7.70. The third-order valence-electron chi connectivity index (χ3n) is 3.92. The molecule has 2 N–H and O–H groups in total. The number of anilines is 2. The van der Waals surface area contributed by atoms with Crippen LogP contribution in [0, 0.1) is 5.92 Å². The molecule has 0 radical (unpaired) electrons. The summed E-state index contributed by atoms with van der Waals surface area (Å²) in [6.07, 6.45) is 4.62. The number of benzene rings is 1. The maximum atomic E-state index is 12.3. The largest absolute Gasteiger partial charge is 0.381 e. The summed E-state index contributed by atoms with van der Waals surface area (Å²) in [5.41, 5.74) is 1.82. The maximum absolute atomic E-state index is 12.3. The molecule has 1 aliphatic rings. The van der Waals surface area contributed by atoms with Gasteiger partial charge in [0.2, 0.25) is 5.91 Å². The molecule has 24 heavy (non-hydrogen) atoms. The summed E-state index contributed by atoms with van der Waals surface area (Å²) < 4.78 is 5.27.